The van der Waals surface area contributed by atoms with Gasteiger partial charge in [0, 0.05) is 17.5 Å². The van der Waals surface area contributed by atoms with E-state index in [2.05, 4.69) is 16.2 Å². The van der Waals surface area contributed by atoms with Crippen molar-refractivity contribution in [3.05, 3.63) is 82.9 Å². The number of hydrogen-bond acceptors (Lipinski definition) is 3. The molecule has 3 aromatic rings. The third-order valence-corrected chi connectivity index (χ3v) is 4.03. The van der Waals surface area contributed by atoms with Gasteiger partial charge in [0.2, 0.25) is 0 Å². The molecule has 0 saturated heterocycles. The fourth-order valence-electron chi connectivity index (χ4n) is 2.58. The van der Waals surface area contributed by atoms with E-state index in [-0.39, 0.29) is 5.92 Å². The summed E-state index contributed by atoms with van der Waals surface area (Å²) in [4.78, 5) is 4.01. The Labute approximate surface area is 140 Å². The molecule has 0 radical (unpaired) electrons. The maximum Gasteiger partial charge on any atom is 0.137 e. The maximum absolute atomic E-state index is 8.95. The van der Waals surface area contributed by atoms with E-state index in [4.69, 9.17) is 16.9 Å². The highest BCUT2D eigenvalue weighted by atomic mass is 35.5. The van der Waals surface area contributed by atoms with E-state index in [1.165, 1.54) is 17.5 Å². The van der Waals surface area contributed by atoms with E-state index in [0.29, 0.717) is 5.56 Å². The highest BCUT2D eigenvalue weighted by molar-refractivity contribution is 6.30. The predicted octanol–water partition coefficient (Wildman–Crippen LogP) is 3.83. The molecule has 0 aliphatic heterocycles. The number of nitrogens with zero attached hydrogens (tertiary/aromatic N) is 4. The summed E-state index contributed by atoms with van der Waals surface area (Å²) in [5.74, 6) is 0.241. The Kier molecular flexibility index (Phi) is 4.70. The molecular formula is C18H15ClN4. The lowest BCUT2D eigenvalue weighted by molar-refractivity contribution is 0.511. The van der Waals surface area contributed by atoms with Crippen molar-refractivity contribution in [1.82, 2.24) is 14.8 Å². The smallest absolute Gasteiger partial charge is 0.137 e. The molecule has 114 valence electrons. The van der Waals surface area contributed by atoms with Crippen molar-refractivity contribution in [3.8, 4) is 6.07 Å². The zero-order chi connectivity index (χ0) is 16.1. The lowest BCUT2D eigenvalue weighted by Crippen LogP contribution is -2.12. The Morgan fingerprint density at radius 1 is 1.09 bits per heavy atom. The van der Waals surface area contributed by atoms with E-state index in [9.17, 15) is 0 Å². The fourth-order valence-corrected chi connectivity index (χ4v) is 2.70. The number of halogens is 1. The van der Waals surface area contributed by atoms with Gasteiger partial charge in [-0.05, 0) is 41.8 Å². The average Bonchev–Trinajstić information content (AvgIpc) is 3.09. The third kappa shape index (κ3) is 3.97. The molecule has 4 nitrogen and oxygen atoms in total. The van der Waals surface area contributed by atoms with Gasteiger partial charge in [-0.25, -0.2) is 4.98 Å². The standard InChI is InChI=1S/C18H15ClN4/c19-18-7-3-14(4-8-18)9-17(11-23-13-21-12-22-23)16-5-1-15(10-20)2-6-16/h1-8,12-13,17H,9,11H2. The molecule has 1 aromatic heterocycles. The molecule has 0 aliphatic rings. The molecule has 3 rings (SSSR count). The van der Waals surface area contributed by atoms with E-state index < -0.39 is 0 Å². The molecule has 0 saturated carbocycles. The van der Waals surface area contributed by atoms with E-state index in [1.807, 2.05) is 53.2 Å². The highest BCUT2D eigenvalue weighted by Gasteiger charge is 2.14. The Morgan fingerprint density at radius 2 is 1.83 bits per heavy atom. The van der Waals surface area contributed by atoms with Crippen molar-refractivity contribution < 1.29 is 0 Å². The number of rotatable bonds is 5. The van der Waals surface area contributed by atoms with Crippen molar-refractivity contribution in [3.63, 3.8) is 0 Å². The Balaban J connectivity index is 1.85. The minimum Gasteiger partial charge on any atom is -0.252 e. The highest BCUT2D eigenvalue weighted by Crippen LogP contribution is 2.24. The second-order valence-corrected chi connectivity index (χ2v) is 5.82. The van der Waals surface area contributed by atoms with Gasteiger partial charge in [-0.1, -0.05) is 35.9 Å². The Bertz CT molecular complexity index is 787. The molecule has 23 heavy (non-hydrogen) atoms. The summed E-state index contributed by atoms with van der Waals surface area (Å²) in [5, 5.41) is 13.9. The van der Waals surface area contributed by atoms with Gasteiger partial charge in [-0.2, -0.15) is 10.4 Å². The van der Waals surface area contributed by atoms with Gasteiger partial charge in [-0.15, -0.1) is 0 Å². The lowest BCUT2D eigenvalue weighted by atomic mass is 9.91. The van der Waals surface area contributed by atoms with E-state index >= 15 is 0 Å². The monoisotopic (exact) mass is 322 g/mol. The van der Waals surface area contributed by atoms with Gasteiger partial charge in [0.15, 0.2) is 0 Å². The van der Waals surface area contributed by atoms with Crippen LogP contribution in [0.1, 0.15) is 22.6 Å². The summed E-state index contributed by atoms with van der Waals surface area (Å²) in [6.07, 6.45) is 4.12. The summed E-state index contributed by atoms with van der Waals surface area (Å²) >= 11 is 5.96. The van der Waals surface area contributed by atoms with E-state index in [0.717, 1.165) is 18.0 Å². The lowest BCUT2D eigenvalue weighted by Gasteiger charge is -2.18. The van der Waals surface area contributed by atoms with Crippen LogP contribution in [-0.2, 0) is 13.0 Å². The van der Waals surface area contributed by atoms with Gasteiger partial charge >= 0.3 is 0 Å². The number of benzene rings is 2. The minimum atomic E-state index is 0.241. The molecule has 1 atom stereocenters. The number of aromatic nitrogens is 3. The molecule has 0 fully saturated rings. The first-order valence-electron chi connectivity index (χ1n) is 7.31. The molecular weight excluding hydrogens is 308 g/mol. The molecule has 0 amide bonds. The van der Waals surface area contributed by atoms with Crippen LogP contribution in [0, 0.1) is 11.3 Å². The maximum atomic E-state index is 8.95. The zero-order valence-corrected chi connectivity index (χ0v) is 13.2. The first-order valence-corrected chi connectivity index (χ1v) is 7.69. The van der Waals surface area contributed by atoms with Crippen molar-refractivity contribution in [2.75, 3.05) is 0 Å². The van der Waals surface area contributed by atoms with Crippen LogP contribution in [0.3, 0.4) is 0 Å². The quantitative estimate of drug-likeness (QED) is 0.717. The van der Waals surface area contributed by atoms with Crippen LogP contribution >= 0.6 is 11.6 Å². The Hall–Kier alpha value is -2.64. The van der Waals surface area contributed by atoms with Crippen LogP contribution in [0.15, 0.2) is 61.2 Å². The average molecular weight is 323 g/mol. The van der Waals surface area contributed by atoms with Crippen LogP contribution in [0.2, 0.25) is 5.02 Å². The molecule has 0 aliphatic carbocycles. The van der Waals surface area contributed by atoms with Gasteiger partial charge in [0.25, 0.3) is 0 Å². The second-order valence-electron chi connectivity index (χ2n) is 5.38. The summed E-state index contributed by atoms with van der Waals surface area (Å²) in [6, 6.07) is 17.8. The van der Waals surface area contributed by atoms with Gasteiger partial charge in [0.05, 0.1) is 11.6 Å². The largest absolute Gasteiger partial charge is 0.252 e. The van der Waals surface area contributed by atoms with Gasteiger partial charge < -0.3 is 0 Å². The Morgan fingerprint density at radius 3 is 2.43 bits per heavy atom. The normalized spacial score (nSPS) is 11.8. The number of hydrogen-bond donors (Lipinski definition) is 0. The summed E-state index contributed by atoms with van der Waals surface area (Å²) in [5.41, 5.74) is 3.05. The molecule has 5 heteroatoms. The van der Waals surface area contributed by atoms with Crippen molar-refractivity contribution in [2.24, 2.45) is 0 Å². The van der Waals surface area contributed by atoms with Crippen LogP contribution in [-0.4, -0.2) is 14.8 Å². The predicted molar refractivity (Wildman–Crippen MR) is 89.1 cm³/mol. The van der Waals surface area contributed by atoms with Crippen LogP contribution in [0.5, 0.6) is 0 Å². The van der Waals surface area contributed by atoms with Gasteiger partial charge in [0.1, 0.15) is 12.7 Å². The molecule has 0 N–H and O–H groups in total. The molecule has 0 spiro atoms. The molecule has 1 unspecified atom stereocenters. The first kappa shape index (κ1) is 15.3. The molecule has 0 bridgehead atoms. The molecule has 2 aromatic carbocycles. The minimum absolute atomic E-state index is 0.241. The third-order valence-electron chi connectivity index (χ3n) is 3.78. The van der Waals surface area contributed by atoms with Crippen LogP contribution < -0.4 is 0 Å². The van der Waals surface area contributed by atoms with Crippen LogP contribution in [0.25, 0.3) is 0 Å². The summed E-state index contributed by atoms with van der Waals surface area (Å²) in [7, 11) is 0. The van der Waals surface area contributed by atoms with Crippen molar-refractivity contribution in [1.29, 1.82) is 5.26 Å². The zero-order valence-electron chi connectivity index (χ0n) is 12.4. The first-order chi connectivity index (χ1) is 11.2. The van der Waals surface area contributed by atoms with E-state index in [1.54, 1.807) is 6.33 Å². The fraction of sp³-hybridized carbons (Fsp3) is 0.167. The van der Waals surface area contributed by atoms with Crippen LogP contribution in [0.4, 0.5) is 0 Å². The van der Waals surface area contributed by atoms with Crippen molar-refractivity contribution >= 4 is 11.6 Å². The van der Waals surface area contributed by atoms with Crippen molar-refractivity contribution in [2.45, 2.75) is 18.9 Å². The second kappa shape index (κ2) is 7.08. The topological polar surface area (TPSA) is 54.5 Å². The SMILES string of the molecule is N#Cc1ccc(C(Cc2ccc(Cl)cc2)Cn2cncn2)cc1. The summed E-state index contributed by atoms with van der Waals surface area (Å²) in [6.45, 7) is 0.731. The molecule has 1 heterocycles. The van der Waals surface area contributed by atoms with Gasteiger partial charge in [-0.3, -0.25) is 4.68 Å². The number of nitriles is 1. The summed E-state index contributed by atoms with van der Waals surface area (Å²) < 4.78 is 1.83.